The Morgan fingerprint density at radius 3 is 2.50 bits per heavy atom. The third-order valence-electron chi connectivity index (χ3n) is 3.64. The Bertz CT molecular complexity index is 933. The zero-order chi connectivity index (χ0) is 21.1. The number of carbonyl (C=O) groups is 2. The van der Waals surface area contributed by atoms with Gasteiger partial charge in [-0.2, -0.15) is 0 Å². The summed E-state index contributed by atoms with van der Waals surface area (Å²) < 4.78 is 11.6. The van der Waals surface area contributed by atoms with Gasteiger partial charge in [-0.1, -0.05) is 16.8 Å². The van der Waals surface area contributed by atoms with Gasteiger partial charge in [0.2, 0.25) is 0 Å². The van der Waals surface area contributed by atoms with E-state index in [1.54, 1.807) is 46.8 Å². The molecule has 152 valence electrons. The molecule has 0 N–H and O–H groups in total. The van der Waals surface area contributed by atoms with Crippen molar-refractivity contribution >= 4 is 34.4 Å². The lowest BCUT2D eigenvalue weighted by Gasteiger charge is -2.23. The molecular formula is C19H24ClN3O5. The molecule has 0 radical (unpaired) electrons. The molecule has 0 saturated carbocycles. The van der Waals surface area contributed by atoms with E-state index in [4.69, 9.17) is 21.1 Å². The number of rotatable bonds is 6. The number of esters is 2. The lowest BCUT2D eigenvalue weighted by Crippen LogP contribution is -2.36. The van der Waals surface area contributed by atoms with Crippen LogP contribution in [0.4, 0.5) is 0 Å². The highest BCUT2D eigenvalue weighted by molar-refractivity contribution is 6.31. The van der Waals surface area contributed by atoms with Crippen LogP contribution in [0.15, 0.2) is 23.0 Å². The van der Waals surface area contributed by atoms with Gasteiger partial charge in [0.1, 0.15) is 11.1 Å². The predicted octanol–water partition coefficient (Wildman–Crippen LogP) is 2.74. The maximum Gasteiger partial charge on any atom is 0.320 e. The van der Waals surface area contributed by atoms with Gasteiger partial charge in [-0.25, -0.2) is 4.68 Å². The number of benzene rings is 1. The Balaban J connectivity index is 2.26. The molecule has 0 aliphatic heterocycles. The van der Waals surface area contributed by atoms with Crippen LogP contribution in [0.3, 0.4) is 0 Å². The highest BCUT2D eigenvalue weighted by Crippen LogP contribution is 2.17. The number of fused-ring (bicyclic) bond motifs is 1. The maximum absolute atomic E-state index is 12.6. The van der Waals surface area contributed by atoms with Crippen LogP contribution in [0.5, 0.6) is 0 Å². The van der Waals surface area contributed by atoms with Crippen molar-refractivity contribution in [1.29, 1.82) is 0 Å². The lowest BCUT2D eigenvalue weighted by molar-refractivity contribution is -0.171. The highest BCUT2D eigenvalue weighted by Gasteiger charge is 2.33. The van der Waals surface area contributed by atoms with Crippen LogP contribution in [-0.2, 0) is 25.6 Å². The lowest BCUT2D eigenvalue weighted by atomic mass is 10.1. The summed E-state index contributed by atoms with van der Waals surface area (Å²) in [5.41, 5.74) is -0.759. The number of aryl methyl sites for hydroxylation is 1. The highest BCUT2D eigenvalue weighted by atomic mass is 35.5. The van der Waals surface area contributed by atoms with Crippen molar-refractivity contribution < 1.29 is 19.1 Å². The molecule has 9 heteroatoms. The maximum atomic E-state index is 12.6. The van der Waals surface area contributed by atoms with Crippen LogP contribution in [0.25, 0.3) is 10.9 Å². The fourth-order valence-corrected chi connectivity index (χ4v) is 2.64. The molecular weight excluding hydrogens is 386 g/mol. The van der Waals surface area contributed by atoms with E-state index in [1.807, 2.05) is 0 Å². The third kappa shape index (κ3) is 5.76. The summed E-state index contributed by atoms with van der Waals surface area (Å²) in [6.07, 6.45) is -0.399. The van der Waals surface area contributed by atoms with Crippen molar-refractivity contribution in [3.8, 4) is 0 Å². The van der Waals surface area contributed by atoms with Gasteiger partial charge in [-0.3, -0.25) is 14.4 Å². The summed E-state index contributed by atoms with van der Waals surface area (Å²) in [4.78, 5) is 37.5. The quantitative estimate of drug-likeness (QED) is 0.534. The van der Waals surface area contributed by atoms with Gasteiger partial charge < -0.3 is 9.47 Å². The van der Waals surface area contributed by atoms with E-state index in [2.05, 4.69) is 10.3 Å². The Morgan fingerprint density at radius 2 is 1.89 bits per heavy atom. The summed E-state index contributed by atoms with van der Waals surface area (Å²) in [6, 6.07) is 4.71. The van der Waals surface area contributed by atoms with Gasteiger partial charge in [0.25, 0.3) is 5.56 Å². The molecule has 28 heavy (non-hydrogen) atoms. The van der Waals surface area contributed by atoms with Crippen molar-refractivity contribution in [2.24, 2.45) is 5.92 Å². The second-order valence-corrected chi connectivity index (χ2v) is 8.08. The topological polar surface area (TPSA) is 100 Å². The van der Waals surface area contributed by atoms with E-state index in [1.165, 1.54) is 6.07 Å². The molecule has 2 rings (SSSR count). The molecule has 1 aromatic carbocycles. The van der Waals surface area contributed by atoms with E-state index in [9.17, 15) is 14.4 Å². The molecule has 1 unspecified atom stereocenters. The number of hydrogen-bond donors (Lipinski definition) is 0. The minimum absolute atomic E-state index is 0.00854. The smallest absolute Gasteiger partial charge is 0.320 e. The Morgan fingerprint density at radius 1 is 1.21 bits per heavy atom. The van der Waals surface area contributed by atoms with E-state index in [0.717, 1.165) is 4.68 Å². The van der Waals surface area contributed by atoms with Crippen molar-refractivity contribution in [3.05, 3.63) is 33.6 Å². The first-order valence-corrected chi connectivity index (χ1v) is 9.32. The summed E-state index contributed by atoms with van der Waals surface area (Å²) in [7, 11) is 0. The van der Waals surface area contributed by atoms with Crippen molar-refractivity contribution in [2.45, 2.75) is 59.3 Å². The molecule has 8 nitrogen and oxygen atoms in total. The van der Waals surface area contributed by atoms with Crippen LogP contribution in [0.1, 0.15) is 41.0 Å². The van der Waals surface area contributed by atoms with Crippen molar-refractivity contribution in [1.82, 2.24) is 15.0 Å². The number of nitrogens with zero attached hydrogens (tertiary/aromatic N) is 3. The average Bonchev–Trinajstić information content (AvgIpc) is 2.55. The van der Waals surface area contributed by atoms with Gasteiger partial charge in [-0.15, -0.1) is 5.10 Å². The molecule has 0 saturated heterocycles. The fourth-order valence-electron chi connectivity index (χ4n) is 2.47. The number of ether oxygens (including phenoxy) is 2. The first-order valence-electron chi connectivity index (χ1n) is 8.94. The molecule has 1 aromatic heterocycles. The monoisotopic (exact) mass is 409 g/mol. The largest absolute Gasteiger partial charge is 0.462 e. The molecule has 0 amide bonds. The van der Waals surface area contributed by atoms with Gasteiger partial charge in [0.05, 0.1) is 11.5 Å². The first-order chi connectivity index (χ1) is 13.0. The summed E-state index contributed by atoms with van der Waals surface area (Å²) in [5.74, 6) is -2.58. The second kappa shape index (κ2) is 8.68. The van der Waals surface area contributed by atoms with Crippen LogP contribution >= 0.6 is 11.6 Å². The summed E-state index contributed by atoms with van der Waals surface area (Å²) in [6.45, 7) is 8.49. The van der Waals surface area contributed by atoms with E-state index < -0.39 is 29.0 Å². The predicted molar refractivity (Wildman–Crippen MR) is 104 cm³/mol. The standard InChI is InChI=1S/C19H24ClN3O5/c1-11(2)27-17(25)13(18(26)28-19(3,4)5)8-9-23-16(24)14-10-12(20)6-7-15(14)21-22-23/h6-7,10-11,13H,8-9H2,1-5H3. The van der Waals surface area contributed by atoms with Gasteiger partial charge in [0, 0.05) is 11.6 Å². The molecule has 1 atom stereocenters. The average molecular weight is 410 g/mol. The zero-order valence-electron chi connectivity index (χ0n) is 16.6. The van der Waals surface area contributed by atoms with Gasteiger partial charge in [0.15, 0.2) is 5.92 Å². The first kappa shape index (κ1) is 21.8. The molecule has 0 aliphatic rings. The zero-order valence-corrected chi connectivity index (χ0v) is 17.3. The molecule has 0 aliphatic carbocycles. The van der Waals surface area contributed by atoms with Crippen LogP contribution in [0, 0.1) is 5.92 Å². The SMILES string of the molecule is CC(C)OC(=O)C(CCn1nnc2ccc(Cl)cc2c1=O)C(=O)OC(C)(C)C. The number of hydrogen-bond acceptors (Lipinski definition) is 7. The van der Waals surface area contributed by atoms with Gasteiger partial charge >= 0.3 is 11.9 Å². The van der Waals surface area contributed by atoms with Crippen LogP contribution < -0.4 is 5.56 Å². The number of halogens is 1. The minimum atomic E-state index is -1.18. The van der Waals surface area contributed by atoms with Crippen LogP contribution in [0.2, 0.25) is 5.02 Å². The minimum Gasteiger partial charge on any atom is -0.462 e. The van der Waals surface area contributed by atoms with Crippen LogP contribution in [-0.4, -0.2) is 38.6 Å². The third-order valence-corrected chi connectivity index (χ3v) is 3.88. The number of carbonyl (C=O) groups excluding carboxylic acids is 2. The van der Waals surface area contributed by atoms with Gasteiger partial charge in [-0.05, 0) is 59.2 Å². The molecule has 0 fully saturated rings. The fraction of sp³-hybridized carbons (Fsp3) is 0.526. The summed E-state index contributed by atoms with van der Waals surface area (Å²) in [5, 5.41) is 8.56. The molecule has 1 heterocycles. The molecule has 0 spiro atoms. The Hall–Kier alpha value is -2.48. The van der Waals surface area contributed by atoms with Crippen molar-refractivity contribution in [2.75, 3.05) is 0 Å². The van der Waals surface area contributed by atoms with E-state index >= 15 is 0 Å². The van der Waals surface area contributed by atoms with E-state index in [-0.39, 0.29) is 19.1 Å². The Kier molecular flexibility index (Phi) is 6.77. The van der Waals surface area contributed by atoms with E-state index in [0.29, 0.717) is 15.9 Å². The Labute approximate surface area is 167 Å². The molecule has 2 aromatic rings. The summed E-state index contributed by atoms with van der Waals surface area (Å²) >= 11 is 5.94. The second-order valence-electron chi connectivity index (χ2n) is 7.64. The molecule has 0 bridgehead atoms. The van der Waals surface area contributed by atoms with Crippen molar-refractivity contribution in [3.63, 3.8) is 0 Å². The number of aromatic nitrogens is 3. The normalized spacial score (nSPS) is 12.8.